The summed E-state index contributed by atoms with van der Waals surface area (Å²) in [6, 6.07) is 0. The van der Waals surface area contributed by atoms with E-state index < -0.39 is 0 Å². The number of rotatable bonds is 6. The van der Waals surface area contributed by atoms with Gasteiger partial charge in [-0.15, -0.1) is 0 Å². The maximum absolute atomic E-state index is 11.2. The smallest absolute Gasteiger partial charge is 0.333 e. The van der Waals surface area contributed by atoms with Crippen molar-refractivity contribution >= 4 is 11.8 Å². The minimum atomic E-state index is -0.387. The Hall–Kier alpha value is -1.12. The number of carbonyl (C=O) groups is 2. The molecule has 0 atom stereocenters. The summed E-state index contributed by atoms with van der Waals surface area (Å²) in [5, 5.41) is 0. The van der Waals surface area contributed by atoms with Gasteiger partial charge in [0.25, 0.3) is 0 Å². The van der Waals surface area contributed by atoms with E-state index in [4.69, 9.17) is 4.74 Å². The summed E-state index contributed by atoms with van der Waals surface area (Å²) in [6.07, 6.45) is 1.07. The molecule has 0 amide bonds. The van der Waals surface area contributed by atoms with E-state index in [1.165, 1.54) is 0 Å². The summed E-state index contributed by atoms with van der Waals surface area (Å²) in [5.74, 6) is -0.120. The van der Waals surface area contributed by atoms with Crippen molar-refractivity contribution in [1.82, 2.24) is 0 Å². The topological polar surface area (TPSA) is 43.4 Å². The van der Waals surface area contributed by atoms with E-state index in [0.717, 1.165) is 0 Å². The fourth-order valence-corrected chi connectivity index (χ4v) is 0.823. The van der Waals surface area contributed by atoms with Crippen LogP contribution in [0.15, 0.2) is 12.2 Å². The molecule has 3 heteroatoms. The van der Waals surface area contributed by atoms with Crippen LogP contribution in [0.25, 0.3) is 0 Å². The number of ketones is 1. The lowest BCUT2D eigenvalue weighted by molar-refractivity contribution is -0.139. The number of carbonyl (C=O) groups excluding carboxylic acids is 2. The highest BCUT2D eigenvalue weighted by Crippen LogP contribution is 2.02. The highest BCUT2D eigenvalue weighted by Gasteiger charge is 2.07. The minimum Gasteiger partial charge on any atom is -0.462 e. The lowest BCUT2D eigenvalue weighted by Crippen LogP contribution is -2.10. The maximum atomic E-state index is 11.2. The van der Waals surface area contributed by atoms with Crippen molar-refractivity contribution in [2.45, 2.75) is 33.6 Å². The zero-order valence-electron chi connectivity index (χ0n) is 9.13. The zero-order chi connectivity index (χ0) is 11.1. The van der Waals surface area contributed by atoms with Gasteiger partial charge in [-0.05, 0) is 13.3 Å². The Morgan fingerprint density at radius 1 is 1.36 bits per heavy atom. The fraction of sp³-hybridized carbons (Fsp3) is 0.636. The van der Waals surface area contributed by atoms with E-state index in [1.807, 2.05) is 13.8 Å². The third-order valence-corrected chi connectivity index (χ3v) is 1.79. The summed E-state index contributed by atoms with van der Waals surface area (Å²) in [7, 11) is 0. The fourth-order valence-electron chi connectivity index (χ4n) is 0.823. The van der Waals surface area contributed by atoms with Crippen molar-refractivity contribution in [2.24, 2.45) is 5.92 Å². The first-order valence-electron chi connectivity index (χ1n) is 4.80. The molecule has 0 unspecified atom stereocenters. The van der Waals surface area contributed by atoms with Gasteiger partial charge in [0.1, 0.15) is 5.78 Å². The van der Waals surface area contributed by atoms with Gasteiger partial charge in [-0.1, -0.05) is 20.4 Å². The van der Waals surface area contributed by atoms with E-state index in [0.29, 0.717) is 25.0 Å². The van der Waals surface area contributed by atoms with Crippen LogP contribution in [0.1, 0.15) is 33.6 Å². The maximum Gasteiger partial charge on any atom is 0.333 e. The molecule has 0 aromatic rings. The summed E-state index contributed by atoms with van der Waals surface area (Å²) < 4.78 is 4.84. The van der Waals surface area contributed by atoms with Crippen LogP contribution in [-0.2, 0) is 14.3 Å². The number of esters is 1. The van der Waals surface area contributed by atoms with Crippen LogP contribution in [0.4, 0.5) is 0 Å². The molecule has 0 fully saturated rings. The average Bonchev–Trinajstić information content (AvgIpc) is 2.11. The molecule has 0 aliphatic rings. The zero-order valence-corrected chi connectivity index (χ0v) is 9.13. The average molecular weight is 198 g/mol. The van der Waals surface area contributed by atoms with Gasteiger partial charge in [0, 0.05) is 17.9 Å². The Bertz CT molecular complexity index is 229. The van der Waals surface area contributed by atoms with Crippen LogP contribution in [-0.4, -0.2) is 18.4 Å². The molecule has 0 N–H and O–H groups in total. The number of hydrogen-bond donors (Lipinski definition) is 0. The number of hydrogen-bond acceptors (Lipinski definition) is 3. The largest absolute Gasteiger partial charge is 0.462 e. The first kappa shape index (κ1) is 12.9. The molecule has 0 saturated carbocycles. The summed E-state index contributed by atoms with van der Waals surface area (Å²) in [4.78, 5) is 22.1. The number of Topliss-reactive ketones (excluding diaryl/α,β-unsaturated/α-hetero) is 1. The van der Waals surface area contributed by atoms with Gasteiger partial charge in [0.2, 0.25) is 0 Å². The molecule has 0 aromatic heterocycles. The van der Waals surface area contributed by atoms with E-state index >= 15 is 0 Å². The third-order valence-electron chi connectivity index (χ3n) is 1.79. The predicted octanol–water partition coefficient (Wildman–Crippen LogP) is 2.11. The monoisotopic (exact) mass is 198 g/mol. The van der Waals surface area contributed by atoms with E-state index in [1.54, 1.807) is 6.92 Å². The van der Waals surface area contributed by atoms with Crippen molar-refractivity contribution < 1.29 is 14.3 Å². The van der Waals surface area contributed by atoms with Crippen LogP contribution in [0.2, 0.25) is 0 Å². The second-order valence-electron chi connectivity index (χ2n) is 3.64. The van der Waals surface area contributed by atoms with Gasteiger partial charge in [-0.25, -0.2) is 4.79 Å². The van der Waals surface area contributed by atoms with Crippen molar-refractivity contribution in [1.29, 1.82) is 0 Å². The molecule has 3 nitrogen and oxygen atoms in total. The van der Waals surface area contributed by atoms with Gasteiger partial charge in [-0.3, -0.25) is 4.79 Å². The van der Waals surface area contributed by atoms with Gasteiger partial charge in [-0.2, -0.15) is 0 Å². The molecule has 14 heavy (non-hydrogen) atoms. The molecule has 80 valence electrons. The second kappa shape index (κ2) is 6.35. The normalized spacial score (nSPS) is 10.0. The summed E-state index contributed by atoms with van der Waals surface area (Å²) in [5.41, 5.74) is 0.389. The Kier molecular flexibility index (Phi) is 5.84. The second-order valence-corrected chi connectivity index (χ2v) is 3.64. The highest BCUT2D eigenvalue weighted by atomic mass is 16.5. The highest BCUT2D eigenvalue weighted by molar-refractivity contribution is 5.87. The first-order chi connectivity index (χ1) is 6.45. The number of ether oxygens (including phenoxy) is 1. The lowest BCUT2D eigenvalue weighted by Gasteiger charge is -2.05. The van der Waals surface area contributed by atoms with Gasteiger partial charge < -0.3 is 4.74 Å². The molecular formula is C11H18O3. The summed E-state index contributed by atoms with van der Waals surface area (Å²) >= 11 is 0. The predicted molar refractivity (Wildman–Crippen MR) is 54.9 cm³/mol. The molecule has 0 aromatic carbocycles. The quantitative estimate of drug-likeness (QED) is 0.373. The Balaban J connectivity index is 3.52. The molecule has 0 saturated heterocycles. The molecule has 0 bridgehead atoms. The Morgan fingerprint density at radius 2 is 1.93 bits per heavy atom. The van der Waals surface area contributed by atoms with Crippen LogP contribution >= 0.6 is 0 Å². The minimum absolute atomic E-state index is 0.0619. The van der Waals surface area contributed by atoms with Crippen molar-refractivity contribution in [3.8, 4) is 0 Å². The van der Waals surface area contributed by atoms with Crippen LogP contribution in [0, 0.1) is 5.92 Å². The van der Waals surface area contributed by atoms with E-state index in [9.17, 15) is 9.59 Å². The van der Waals surface area contributed by atoms with Crippen molar-refractivity contribution in [3.05, 3.63) is 12.2 Å². The Morgan fingerprint density at radius 3 is 2.36 bits per heavy atom. The van der Waals surface area contributed by atoms with Crippen LogP contribution in [0.3, 0.4) is 0 Å². The SMILES string of the molecule is C=C(C)C(=O)OCCCC(=O)C(C)C. The van der Waals surface area contributed by atoms with E-state index in [2.05, 4.69) is 6.58 Å². The first-order valence-corrected chi connectivity index (χ1v) is 4.80. The van der Waals surface area contributed by atoms with Crippen LogP contribution < -0.4 is 0 Å². The molecular weight excluding hydrogens is 180 g/mol. The molecule has 0 heterocycles. The van der Waals surface area contributed by atoms with Gasteiger partial charge in [0.05, 0.1) is 6.61 Å². The van der Waals surface area contributed by atoms with Crippen molar-refractivity contribution in [2.75, 3.05) is 6.61 Å². The summed E-state index contributed by atoms with van der Waals surface area (Å²) in [6.45, 7) is 9.08. The molecule has 0 aliphatic heterocycles. The molecule has 0 rings (SSSR count). The lowest BCUT2D eigenvalue weighted by atomic mass is 10.1. The van der Waals surface area contributed by atoms with Crippen LogP contribution in [0.5, 0.6) is 0 Å². The third kappa shape index (κ3) is 5.51. The van der Waals surface area contributed by atoms with E-state index in [-0.39, 0.29) is 17.7 Å². The standard InChI is InChI=1S/C11H18O3/c1-8(2)10(12)6-5-7-14-11(13)9(3)4/h8H,3,5-7H2,1-2,4H3. The van der Waals surface area contributed by atoms with Crippen molar-refractivity contribution in [3.63, 3.8) is 0 Å². The van der Waals surface area contributed by atoms with Gasteiger partial charge in [0.15, 0.2) is 0 Å². The van der Waals surface area contributed by atoms with Gasteiger partial charge >= 0.3 is 5.97 Å². The molecule has 0 aliphatic carbocycles. The molecule has 0 radical (unpaired) electrons. The Labute approximate surface area is 85.1 Å². The molecule has 0 spiro atoms.